The molecule has 3 nitrogen and oxygen atoms in total. The van der Waals surface area contributed by atoms with E-state index in [1.54, 1.807) is 23.0 Å². The Morgan fingerprint density at radius 1 is 1.26 bits per heavy atom. The van der Waals surface area contributed by atoms with Crippen molar-refractivity contribution < 1.29 is 8.60 Å². The summed E-state index contributed by atoms with van der Waals surface area (Å²) in [6.45, 7) is -0.467. The summed E-state index contributed by atoms with van der Waals surface area (Å²) < 4.78 is 27.1. The van der Waals surface area contributed by atoms with E-state index in [1.807, 2.05) is 19.2 Å². The van der Waals surface area contributed by atoms with Gasteiger partial charge >= 0.3 is 0 Å². The highest BCUT2D eigenvalue weighted by Gasteiger charge is 2.10. The first-order valence-corrected chi connectivity index (χ1v) is 8.03. The SMILES string of the molecule is Cn1ncc(Br)c1CS(=O)Cc1ccc(CF)cc1. The van der Waals surface area contributed by atoms with E-state index in [0.717, 1.165) is 15.7 Å². The maximum atomic E-state index is 12.4. The average molecular weight is 345 g/mol. The number of hydrogen-bond acceptors (Lipinski definition) is 2. The van der Waals surface area contributed by atoms with Gasteiger partial charge in [0.2, 0.25) is 0 Å². The van der Waals surface area contributed by atoms with Gasteiger partial charge in [-0.3, -0.25) is 8.89 Å². The Balaban J connectivity index is 2.01. The average Bonchev–Trinajstić information content (AvgIpc) is 2.71. The van der Waals surface area contributed by atoms with Crippen molar-refractivity contribution in [2.75, 3.05) is 0 Å². The molecule has 6 heteroatoms. The Hall–Kier alpha value is -1.01. The lowest BCUT2D eigenvalue weighted by molar-refractivity contribution is 0.485. The van der Waals surface area contributed by atoms with Crippen LogP contribution in [0.15, 0.2) is 34.9 Å². The molecule has 1 aromatic carbocycles. The number of aryl methyl sites for hydroxylation is 1. The van der Waals surface area contributed by atoms with Crippen LogP contribution < -0.4 is 0 Å². The van der Waals surface area contributed by atoms with Crippen molar-refractivity contribution in [2.45, 2.75) is 18.2 Å². The first kappa shape index (κ1) is 14.4. The second-order valence-corrected chi connectivity index (χ2v) is 6.55. The molecular formula is C13H14BrFN2OS. The van der Waals surface area contributed by atoms with Crippen LogP contribution in [-0.4, -0.2) is 14.0 Å². The second kappa shape index (κ2) is 6.43. The van der Waals surface area contributed by atoms with E-state index < -0.39 is 17.5 Å². The third-order valence-electron chi connectivity index (χ3n) is 2.81. The van der Waals surface area contributed by atoms with Crippen molar-refractivity contribution in [2.24, 2.45) is 7.05 Å². The minimum absolute atomic E-state index is 0.446. The summed E-state index contributed by atoms with van der Waals surface area (Å²) in [6.07, 6.45) is 1.70. The summed E-state index contributed by atoms with van der Waals surface area (Å²) in [5.41, 5.74) is 2.51. The van der Waals surface area contributed by atoms with Crippen LogP contribution in [0.3, 0.4) is 0 Å². The van der Waals surface area contributed by atoms with Crippen molar-refractivity contribution >= 4 is 26.7 Å². The van der Waals surface area contributed by atoms with Gasteiger partial charge in [0, 0.05) is 23.6 Å². The van der Waals surface area contributed by atoms with Gasteiger partial charge in [0.05, 0.1) is 22.1 Å². The lowest BCUT2D eigenvalue weighted by Gasteiger charge is -2.05. The minimum atomic E-state index is -1.01. The van der Waals surface area contributed by atoms with Crippen LogP contribution in [0.2, 0.25) is 0 Å². The Morgan fingerprint density at radius 2 is 1.89 bits per heavy atom. The highest BCUT2D eigenvalue weighted by Crippen LogP contribution is 2.18. The summed E-state index contributed by atoms with van der Waals surface area (Å²) in [7, 11) is 0.813. The zero-order valence-electron chi connectivity index (χ0n) is 10.5. The van der Waals surface area contributed by atoms with Crippen LogP contribution in [0.25, 0.3) is 0 Å². The number of rotatable bonds is 5. The van der Waals surface area contributed by atoms with Gasteiger partial charge in [-0.15, -0.1) is 0 Å². The smallest absolute Gasteiger partial charge is 0.115 e. The van der Waals surface area contributed by atoms with Crippen molar-refractivity contribution in [1.82, 2.24) is 9.78 Å². The summed E-state index contributed by atoms with van der Waals surface area (Å²) in [6, 6.07) is 7.11. The molecule has 0 aliphatic heterocycles. The van der Waals surface area contributed by atoms with E-state index in [4.69, 9.17) is 0 Å². The molecule has 19 heavy (non-hydrogen) atoms. The monoisotopic (exact) mass is 344 g/mol. The van der Waals surface area contributed by atoms with Crippen LogP contribution in [0, 0.1) is 0 Å². The second-order valence-electron chi connectivity index (χ2n) is 4.24. The molecule has 0 radical (unpaired) electrons. The molecule has 0 spiro atoms. The lowest BCUT2D eigenvalue weighted by atomic mass is 10.2. The van der Waals surface area contributed by atoms with Gasteiger partial charge in [0.25, 0.3) is 0 Å². The molecular weight excluding hydrogens is 331 g/mol. The van der Waals surface area contributed by atoms with Crippen molar-refractivity contribution in [3.05, 3.63) is 51.8 Å². The third kappa shape index (κ3) is 3.73. The topological polar surface area (TPSA) is 34.9 Å². The quantitative estimate of drug-likeness (QED) is 0.835. The van der Waals surface area contributed by atoms with Crippen LogP contribution in [0.4, 0.5) is 4.39 Å². The molecule has 1 aromatic heterocycles. The summed E-state index contributed by atoms with van der Waals surface area (Å²) >= 11 is 3.39. The predicted molar refractivity (Wildman–Crippen MR) is 77.7 cm³/mol. The highest BCUT2D eigenvalue weighted by atomic mass is 79.9. The zero-order valence-corrected chi connectivity index (χ0v) is 12.9. The summed E-state index contributed by atoms with van der Waals surface area (Å²) in [4.78, 5) is 0. The largest absolute Gasteiger partial charge is 0.271 e. The number of alkyl halides is 1. The highest BCUT2D eigenvalue weighted by molar-refractivity contribution is 9.10. The normalized spacial score (nSPS) is 12.6. The van der Waals surface area contributed by atoms with Gasteiger partial charge < -0.3 is 0 Å². The number of hydrogen-bond donors (Lipinski definition) is 0. The van der Waals surface area contributed by atoms with E-state index in [9.17, 15) is 8.60 Å². The zero-order chi connectivity index (χ0) is 13.8. The van der Waals surface area contributed by atoms with Crippen LogP contribution in [0.5, 0.6) is 0 Å². The molecule has 2 aromatic rings. The van der Waals surface area contributed by atoms with Gasteiger partial charge in [-0.1, -0.05) is 24.3 Å². The Bertz CT molecular complexity index is 563. The molecule has 0 N–H and O–H groups in total. The summed E-state index contributed by atoms with van der Waals surface area (Å²) in [5.74, 6) is 0.909. The molecule has 2 rings (SSSR count). The number of benzene rings is 1. The molecule has 102 valence electrons. The fourth-order valence-electron chi connectivity index (χ4n) is 1.71. The molecule has 1 heterocycles. The summed E-state index contributed by atoms with van der Waals surface area (Å²) in [5, 5.41) is 4.09. The van der Waals surface area contributed by atoms with Crippen molar-refractivity contribution in [1.29, 1.82) is 0 Å². The Labute approximate surface area is 122 Å². The molecule has 0 bridgehead atoms. The van der Waals surface area contributed by atoms with Crippen molar-refractivity contribution in [3.8, 4) is 0 Å². The van der Waals surface area contributed by atoms with E-state index in [0.29, 0.717) is 17.1 Å². The molecule has 0 aliphatic rings. The fourth-order valence-corrected chi connectivity index (χ4v) is 3.70. The number of halogens is 2. The molecule has 0 amide bonds. The van der Waals surface area contributed by atoms with Crippen LogP contribution in [-0.2, 0) is 36.0 Å². The van der Waals surface area contributed by atoms with E-state index in [2.05, 4.69) is 21.0 Å². The number of nitrogens with zero attached hydrogens (tertiary/aromatic N) is 2. The van der Waals surface area contributed by atoms with E-state index >= 15 is 0 Å². The molecule has 0 saturated heterocycles. The van der Waals surface area contributed by atoms with E-state index in [-0.39, 0.29) is 0 Å². The molecule has 0 saturated carbocycles. The van der Waals surface area contributed by atoms with Gasteiger partial charge in [-0.25, -0.2) is 4.39 Å². The van der Waals surface area contributed by atoms with Gasteiger partial charge in [0.1, 0.15) is 6.67 Å². The maximum Gasteiger partial charge on any atom is 0.115 e. The van der Waals surface area contributed by atoms with Gasteiger partial charge in [-0.05, 0) is 27.1 Å². The minimum Gasteiger partial charge on any atom is -0.271 e. The lowest BCUT2D eigenvalue weighted by Crippen LogP contribution is -2.05. The van der Waals surface area contributed by atoms with Gasteiger partial charge in [-0.2, -0.15) is 5.10 Å². The third-order valence-corrected chi connectivity index (χ3v) is 4.73. The maximum absolute atomic E-state index is 12.4. The first-order chi connectivity index (χ1) is 9.10. The predicted octanol–water partition coefficient (Wildman–Crippen LogP) is 3.10. The fraction of sp³-hybridized carbons (Fsp3) is 0.308. The molecule has 0 fully saturated rings. The molecule has 1 unspecified atom stereocenters. The van der Waals surface area contributed by atoms with E-state index in [1.165, 1.54) is 0 Å². The molecule has 0 aliphatic carbocycles. The van der Waals surface area contributed by atoms with Gasteiger partial charge in [0.15, 0.2) is 0 Å². The standard InChI is InChI=1S/C13H14BrFN2OS/c1-17-13(12(14)7-16-17)9-19(18)8-11-4-2-10(6-15)3-5-11/h2-5,7H,6,8-9H2,1H3. The number of aromatic nitrogens is 2. The van der Waals surface area contributed by atoms with Crippen LogP contribution in [0.1, 0.15) is 16.8 Å². The Kier molecular flexibility index (Phi) is 4.87. The Morgan fingerprint density at radius 3 is 2.42 bits per heavy atom. The first-order valence-electron chi connectivity index (χ1n) is 5.75. The van der Waals surface area contributed by atoms with Crippen molar-refractivity contribution in [3.63, 3.8) is 0 Å². The molecule has 1 atom stereocenters. The van der Waals surface area contributed by atoms with Crippen LogP contribution >= 0.6 is 15.9 Å².